The van der Waals surface area contributed by atoms with Crippen LogP contribution in [0, 0.1) is 20.8 Å². The third-order valence-electron chi connectivity index (χ3n) is 6.65. The van der Waals surface area contributed by atoms with Gasteiger partial charge in [-0.25, -0.2) is 9.59 Å². The number of nitrogens with zero attached hydrogens (tertiary/aromatic N) is 1. The standard InChI is InChI=1S/C31H45NO6/c1-6-8-9-10-11-12-17-32(31(35)38-28-21-24(4)23(3)20-25(28)5)18-19-37-27-15-13-26(14-16-27)22-29(30(33)34)36-7-2/h13-16,20-21,29H,6-12,17-19,22H2,1-5H3,(H,33,34). The molecule has 7 heteroatoms. The van der Waals surface area contributed by atoms with Crippen molar-refractivity contribution in [2.24, 2.45) is 0 Å². The maximum absolute atomic E-state index is 13.1. The fourth-order valence-electron chi connectivity index (χ4n) is 4.21. The zero-order valence-corrected chi connectivity index (χ0v) is 23.8. The Kier molecular flexibility index (Phi) is 13.7. The zero-order chi connectivity index (χ0) is 27.9. The molecule has 38 heavy (non-hydrogen) atoms. The molecule has 2 aromatic carbocycles. The number of hydrogen-bond acceptors (Lipinski definition) is 5. The Hall–Kier alpha value is -3.06. The first-order chi connectivity index (χ1) is 18.2. The van der Waals surface area contributed by atoms with Gasteiger partial charge in [0.05, 0.1) is 6.54 Å². The van der Waals surface area contributed by atoms with Crippen LogP contribution in [0.3, 0.4) is 0 Å². The van der Waals surface area contributed by atoms with Crippen molar-refractivity contribution < 1.29 is 28.9 Å². The molecule has 0 saturated carbocycles. The maximum Gasteiger partial charge on any atom is 0.415 e. The fourth-order valence-corrected chi connectivity index (χ4v) is 4.21. The van der Waals surface area contributed by atoms with E-state index in [-0.39, 0.29) is 6.09 Å². The van der Waals surface area contributed by atoms with Crippen molar-refractivity contribution in [2.75, 3.05) is 26.3 Å². The monoisotopic (exact) mass is 527 g/mol. The first kappa shape index (κ1) is 31.2. The van der Waals surface area contributed by atoms with Crippen LogP contribution in [0.1, 0.15) is 74.6 Å². The number of carbonyl (C=O) groups is 2. The van der Waals surface area contributed by atoms with Gasteiger partial charge < -0.3 is 24.2 Å². The van der Waals surface area contributed by atoms with E-state index in [4.69, 9.17) is 14.2 Å². The molecule has 0 radical (unpaired) electrons. The molecule has 1 atom stereocenters. The van der Waals surface area contributed by atoms with Crippen molar-refractivity contribution in [3.63, 3.8) is 0 Å². The highest BCUT2D eigenvalue weighted by atomic mass is 16.6. The van der Waals surface area contributed by atoms with E-state index in [2.05, 4.69) is 6.92 Å². The van der Waals surface area contributed by atoms with Crippen molar-refractivity contribution in [2.45, 2.75) is 85.7 Å². The first-order valence-electron chi connectivity index (χ1n) is 13.9. The van der Waals surface area contributed by atoms with Crippen LogP contribution in [0.2, 0.25) is 0 Å². The summed E-state index contributed by atoms with van der Waals surface area (Å²) in [5.41, 5.74) is 4.05. The SMILES string of the molecule is CCCCCCCCN(CCOc1ccc(CC(OCC)C(=O)O)cc1)C(=O)Oc1cc(C)c(C)cc1C. The number of carbonyl (C=O) groups excluding carboxylic acids is 1. The molecule has 1 N–H and O–H groups in total. The van der Waals surface area contributed by atoms with Gasteiger partial charge in [0.25, 0.3) is 0 Å². The van der Waals surface area contributed by atoms with Crippen LogP contribution >= 0.6 is 0 Å². The smallest absolute Gasteiger partial charge is 0.415 e. The Balaban J connectivity index is 1.96. The van der Waals surface area contributed by atoms with Crippen LogP contribution in [0.15, 0.2) is 36.4 Å². The van der Waals surface area contributed by atoms with Crippen LogP contribution < -0.4 is 9.47 Å². The van der Waals surface area contributed by atoms with E-state index in [1.165, 1.54) is 31.2 Å². The van der Waals surface area contributed by atoms with Crippen LogP contribution in [-0.4, -0.2) is 54.5 Å². The second kappa shape index (κ2) is 16.7. The quantitative estimate of drug-likeness (QED) is 0.226. The Morgan fingerprint density at radius 2 is 1.53 bits per heavy atom. The topological polar surface area (TPSA) is 85.3 Å². The second-order valence-electron chi connectivity index (χ2n) is 9.80. The summed E-state index contributed by atoms with van der Waals surface area (Å²) in [5.74, 6) is 0.282. The molecule has 0 aromatic heterocycles. The van der Waals surface area contributed by atoms with E-state index in [1.54, 1.807) is 11.8 Å². The number of aryl methyl sites for hydroxylation is 3. The van der Waals surface area contributed by atoms with Crippen molar-refractivity contribution in [1.29, 1.82) is 0 Å². The minimum atomic E-state index is -0.972. The van der Waals surface area contributed by atoms with Gasteiger partial charge in [0.15, 0.2) is 6.10 Å². The lowest BCUT2D eigenvalue weighted by atomic mass is 10.1. The molecule has 1 unspecified atom stereocenters. The summed E-state index contributed by atoms with van der Waals surface area (Å²) in [6.07, 6.45) is 5.90. The number of rotatable bonds is 17. The summed E-state index contributed by atoms with van der Waals surface area (Å²) in [6.45, 7) is 11.7. The normalized spacial score (nSPS) is 11.7. The molecule has 0 aliphatic rings. The summed E-state index contributed by atoms with van der Waals surface area (Å²) < 4.78 is 17.0. The lowest BCUT2D eigenvalue weighted by Crippen LogP contribution is -2.37. The third kappa shape index (κ3) is 10.7. The van der Waals surface area contributed by atoms with E-state index < -0.39 is 12.1 Å². The molecule has 0 aliphatic carbocycles. The molecule has 0 fully saturated rings. The molecule has 0 aliphatic heterocycles. The van der Waals surface area contributed by atoms with Crippen molar-refractivity contribution in [3.8, 4) is 11.5 Å². The second-order valence-corrected chi connectivity index (χ2v) is 9.80. The van der Waals surface area contributed by atoms with Crippen molar-refractivity contribution in [3.05, 3.63) is 58.7 Å². The minimum Gasteiger partial charge on any atom is -0.492 e. The average molecular weight is 528 g/mol. The summed E-state index contributed by atoms with van der Waals surface area (Å²) in [5, 5.41) is 9.29. The van der Waals surface area contributed by atoms with Gasteiger partial charge in [-0.05, 0) is 74.6 Å². The lowest BCUT2D eigenvalue weighted by molar-refractivity contribution is -0.149. The number of carboxylic acid groups (broad SMARTS) is 1. The molecule has 1 amide bonds. The lowest BCUT2D eigenvalue weighted by Gasteiger charge is -2.23. The van der Waals surface area contributed by atoms with Gasteiger partial charge in [0.1, 0.15) is 18.1 Å². The van der Waals surface area contributed by atoms with Gasteiger partial charge in [-0.1, -0.05) is 57.2 Å². The highest BCUT2D eigenvalue weighted by Crippen LogP contribution is 2.23. The molecule has 0 saturated heterocycles. The third-order valence-corrected chi connectivity index (χ3v) is 6.65. The summed E-state index contributed by atoms with van der Waals surface area (Å²) in [7, 11) is 0. The Labute approximate surface area is 228 Å². The predicted molar refractivity (Wildman–Crippen MR) is 150 cm³/mol. The summed E-state index contributed by atoms with van der Waals surface area (Å²) in [6, 6.07) is 11.3. The summed E-state index contributed by atoms with van der Waals surface area (Å²) in [4.78, 5) is 26.2. The van der Waals surface area contributed by atoms with Crippen LogP contribution in [0.25, 0.3) is 0 Å². The molecule has 0 spiro atoms. The van der Waals surface area contributed by atoms with Crippen LogP contribution in [0.5, 0.6) is 11.5 Å². The number of benzene rings is 2. The fraction of sp³-hybridized carbons (Fsp3) is 0.548. The van der Waals surface area contributed by atoms with Gasteiger partial charge in [0.2, 0.25) is 0 Å². The predicted octanol–water partition coefficient (Wildman–Crippen LogP) is 6.88. The Morgan fingerprint density at radius 1 is 0.868 bits per heavy atom. The van der Waals surface area contributed by atoms with E-state index in [1.807, 2.05) is 57.2 Å². The number of carboxylic acids is 1. The molecule has 7 nitrogen and oxygen atoms in total. The molecule has 2 aromatic rings. The van der Waals surface area contributed by atoms with Gasteiger partial charge in [0, 0.05) is 19.6 Å². The number of hydrogen-bond donors (Lipinski definition) is 1. The highest BCUT2D eigenvalue weighted by molar-refractivity contribution is 5.73. The maximum atomic E-state index is 13.1. The van der Waals surface area contributed by atoms with E-state index in [0.29, 0.717) is 44.2 Å². The molecule has 210 valence electrons. The van der Waals surface area contributed by atoms with Crippen molar-refractivity contribution in [1.82, 2.24) is 4.90 Å². The molecule has 2 rings (SSSR count). The van der Waals surface area contributed by atoms with E-state index >= 15 is 0 Å². The number of unbranched alkanes of at least 4 members (excludes halogenated alkanes) is 5. The molecule has 0 bridgehead atoms. The van der Waals surface area contributed by atoms with E-state index in [0.717, 1.165) is 29.5 Å². The average Bonchev–Trinajstić information content (AvgIpc) is 2.88. The molecular weight excluding hydrogens is 482 g/mol. The van der Waals surface area contributed by atoms with Crippen LogP contribution in [-0.2, 0) is 16.0 Å². The molecule has 0 heterocycles. The first-order valence-corrected chi connectivity index (χ1v) is 13.9. The highest BCUT2D eigenvalue weighted by Gasteiger charge is 2.19. The largest absolute Gasteiger partial charge is 0.492 e. The van der Waals surface area contributed by atoms with Gasteiger partial charge in [-0.3, -0.25) is 0 Å². The minimum absolute atomic E-state index is 0.291. The summed E-state index contributed by atoms with van der Waals surface area (Å²) >= 11 is 0. The van der Waals surface area contributed by atoms with Gasteiger partial charge >= 0.3 is 12.1 Å². The number of amides is 1. The van der Waals surface area contributed by atoms with Gasteiger partial charge in [-0.2, -0.15) is 0 Å². The van der Waals surface area contributed by atoms with E-state index in [9.17, 15) is 14.7 Å². The number of aliphatic carboxylic acids is 1. The Morgan fingerprint density at radius 3 is 2.18 bits per heavy atom. The van der Waals surface area contributed by atoms with Crippen LogP contribution in [0.4, 0.5) is 4.79 Å². The molecular formula is C31H45NO6. The van der Waals surface area contributed by atoms with Gasteiger partial charge in [-0.15, -0.1) is 0 Å². The van der Waals surface area contributed by atoms with Crippen molar-refractivity contribution >= 4 is 12.1 Å². The number of ether oxygens (including phenoxy) is 3. The Bertz CT molecular complexity index is 1000. The zero-order valence-electron chi connectivity index (χ0n) is 23.8.